The maximum absolute atomic E-state index is 10.9. The van der Waals surface area contributed by atoms with Crippen molar-refractivity contribution in [3.8, 4) is 22.8 Å². The summed E-state index contributed by atoms with van der Waals surface area (Å²) in [5.41, 5.74) is 1.35. The molecule has 0 aliphatic rings. The first kappa shape index (κ1) is 18.1. The normalized spacial score (nSPS) is 10.9. The van der Waals surface area contributed by atoms with Crippen LogP contribution in [0, 0.1) is 10.1 Å². The predicted octanol–water partition coefficient (Wildman–Crippen LogP) is 4.38. The number of aromatic nitrogens is 5. The van der Waals surface area contributed by atoms with Crippen LogP contribution in [-0.4, -0.2) is 30.2 Å². The average molecular weight is 415 g/mol. The van der Waals surface area contributed by atoms with Crippen molar-refractivity contribution in [2.24, 2.45) is 0 Å². The summed E-state index contributed by atoms with van der Waals surface area (Å²) in [5, 5.41) is 23.0. The Morgan fingerprint density at radius 3 is 2.75 bits per heavy atom. The van der Waals surface area contributed by atoms with Crippen LogP contribution in [0.3, 0.4) is 0 Å². The van der Waals surface area contributed by atoms with Gasteiger partial charge in [0.15, 0.2) is 5.82 Å². The van der Waals surface area contributed by atoms with Crippen molar-refractivity contribution in [1.82, 2.24) is 25.3 Å². The highest BCUT2D eigenvalue weighted by Crippen LogP contribution is 2.25. The zero-order valence-electron chi connectivity index (χ0n) is 14.1. The van der Waals surface area contributed by atoms with Gasteiger partial charge in [-0.15, -0.1) is 5.10 Å². The molecular weight excluding hydrogens is 404 g/mol. The van der Waals surface area contributed by atoms with Gasteiger partial charge in [0.1, 0.15) is 0 Å². The van der Waals surface area contributed by atoms with Crippen LogP contribution in [0.4, 0.5) is 5.69 Å². The number of rotatable bonds is 6. The van der Waals surface area contributed by atoms with E-state index in [1.165, 1.54) is 23.9 Å². The summed E-state index contributed by atoms with van der Waals surface area (Å²) in [7, 11) is 0. The van der Waals surface area contributed by atoms with E-state index >= 15 is 0 Å². The minimum atomic E-state index is -0.470. The number of hydrogen-bond donors (Lipinski definition) is 1. The summed E-state index contributed by atoms with van der Waals surface area (Å²) in [6.45, 7) is 0. The number of aromatic amines is 1. The third-order valence-electron chi connectivity index (χ3n) is 3.69. The van der Waals surface area contributed by atoms with Crippen molar-refractivity contribution in [2.75, 3.05) is 0 Å². The van der Waals surface area contributed by atoms with E-state index < -0.39 is 4.92 Å². The Morgan fingerprint density at radius 2 is 1.96 bits per heavy atom. The topological polar surface area (TPSA) is 124 Å². The number of thioether (sulfide) groups is 1. The van der Waals surface area contributed by atoms with Crippen LogP contribution in [0.15, 0.2) is 58.2 Å². The van der Waals surface area contributed by atoms with Crippen molar-refractivity contribution >= 4 is 29.1 Å². The SMILES string of the molecule is O=[N+]([O-])c1cccc(-c2noc(CSc3n[nH]c(-c4ccc(Cl)cc4)n3)n2)c1. The van der Waals surface area contributed by atoms with E-state index in [1.807, 2.05) is 12.1 Å². The highest BCUT2D eigenvalue weighted by atomic mass is 35.5. The van der Waals surface area contributed by atoms with Crippen molar-refractivity contribution in [2.45, 2.75) is 10.9 Å². The predicted molar refractivity (Wildman–Crippen MR) is 103 cm³/mol. The van der Waals surface area contributed by atoms with E-state index in [0.717, 1.165) is 5.56 Å². The molecule has 0 unspecified atom stereocenters. The summed E-state index contributed by atoms with van der Waals surface area (Å²) < 4.78 is 5.21. The molecular formula is C17H11ClN6O3S. The highest BCUT2D eigenvalue weighted by molar-refractivity contribution is 7.98. The molecule has 0 amide bonds. The Kier molecular flexibility index (Phi) is 5.04. The second-order valence-corrected chi connectivity index (χ2v) is 6.96. The van der Waals surface area contributed by atoms with Crippen LogP contribution >= 0.6 is 23.4 Å². The maximum Gasteiger partial charge on any atom is 0.270 e. The summed E-state index contributed by atoms with van der Waals surface area (Å²) in [4.78, 5) is 19.1. The number of benzene rings is 2. The monoisotopic (exact) mass is 414 g/mol. The van der Waals surface area contributed by atoms with E-state index in [9.17, 15) is 10.1 Å². The zero-order chi connectivity index (χ0) is 19.5. The third kappa shape index (κ3) is 4.02. The van der Waals surface area contributed by atoms with Crippen LogP contribution in [0.25, 0.3) is 22.8 Å². The maximum atomic E-state index is 10.9. The lowest BCUT2D eigenvalue weighted by molar-refractivity contribution is -0.384. The first-order chi connectivity index (χ1) is 13.6. The number of non-ortho nitro benzene ring substituents is 1. The van der Waals surface area contributed by atoms with Crippen LogP contribution in [0.2, 0.25) is 5.02 Å². The Bertz CT molecular complexity index is 1130. The van der Waals surface area contributed by atoms with Crippen molar-refractivity contribution < 1.29 is 9.45 Å². The van der Waals surface area contributed by atoms with Crippen LogP contribution < -0.4 is 0 Å². The lowest BCUT2D eigenvalue weighted by atomic mass is 10.2. The fourth-order valence-corrected chi connectivity index (χ4v) is 3.13. The minimum Gasteiger partial charge on any atom is -0.338 e. The van der Waals surface area contributed by atoms with Gasteiger partial charge in [-0.05, 0) is 24.3 Å². The third-order valence-corrected chi connectivity index (χ3v) is 4.77. The number of nitrogens with one attached hydrogen (secondary N) is 1. The first-order valence-electron chi connectivity index (χ1n) is 7.97. The largest absolute Gasteiger partial charge is 0.338 e. The first-order valence-corrected chi connectivity index (χ1v) is 9.33. The Labute approximate surface area is 167 Å². The molecule has 0 aliphatic carbocycles. The van der Waals surface area contributed by atoms with E-state index in [-0.39, 0.29) is 11.5 Å². The van der Waals surface area contributed by atoms with Crippen LogP contribution in [0.5, 0.6) is 0 Å². The molecule has 4 aromatic rings. The number of nitrogens with zero attached hydrogens (tertiary/aromatic N) is 5. The second kappa shape index (κ2) is 7.79. The Hall–Kier alpha value is -3.24. The second-order valence-electron chi connectivity index (χ2n) is 5.58. The molecule has 0 bridgehead atoms. The molecule has 0 atom stereocenters. The number of nitro groups is 1. The van der Waals surface area contributed by atoms with Gasteiger partial charge in [0.2, 0.25) is 16.9 Å². The molecule has 2 heterocycles. The van der Waals surface area contributed by atoms with Gasteiger partial charge < -0.3 is 4.52 Å². The zero-order valence-corrected chi connectivity index (χ0v) is 15.6. The van der Waals surface area contributed by atoms with E-state index in [0.29, 0.717) is 33.2 Å². The minimum absolute atomic E-state index is 0.0336. The molecule has 28 heavy (non-hydrogen) atoms. The fraction of sp³-hybridized carbons (Fsp3) is 0.0588. The van der Waals surface area contributed by atoms with Gasteiger partial charge in [-0.2, -0.15) is 4.98 Å². The smallest absolute Gasteiger partial charge is 0.270 e. The lowest BCUT2D eigenvalue weighted by Crippen LogP contribution is -1.89. The number of halogens is 1. The molecule has 0 fully saturated rings. The molecule has 0 spiro atoms. The Balaban J connectivity index is 1.43. The van der Waals surface area contributed by atoms with Gasteiger partial charge in [0.05, 0.1) is 10.7 Å². The standard InChI is InChI=1S/C17H11ClN6O3S/c18-12-6-4-10(5-7-12)15-20-17(22-21-15)28-9-14-19-16(23-27-14)11-2-1-3-13(8-11)24(25)26/h1-8H,9H2,(H,20,21,22). The van der Waals surface area contributed by atoms with Crippen molar-refractivity contribution in [3.05, 3.63) is 69.6 Å². The molecule has 0 radical (unpaired) electrons. The molecule has 4 rings (SSSR count). The molecule has 11 heteroatoms. The Morgan fingerprint density at radius 1 is 1.14 bits per heavy atom. The summed E-state index contributed by atoms with van der Waals surface area (Å²) in [5.74, 6) is 1.64. The fourth-order valence-electron chi connectivity index (χ4n) is 2.36. The van der Waals surface area contributed by atoms with Crippen LogP contribution in [0.1, 0.15) is 5.89 Å². The number of nitro benzene ring substituents is 1. The van der Waals surface area contributed by atoms with E-state index in [1.54, 1.807) is 24.3 Å². The van der Waals surface area contributed by atoms with Gasteiger partial charge in [-0.3, -0.25) is 15.2 Å². The van der Waals surface area contributed by atoms with Crippen molar-refractivity contribution in [3.63, 3.8) is 0 Å². The lowest BCUT2D eigenvalue weighted by Gasteiger charge is -1.95. The summed E-state index contributed by atoms with van der Waals surface area (Å²) >= 11 is 7.21. The molecule has 2 aromatic heterocycles. The number of hydrogen-bond acceptors (Lipinski definition) is 8. The molecule has 1 N–H and O–H groups in total. The van der Waals surface area contributed by atoms with Crippen LogP contribution in [-0.2, 0) is 5.75 Å². The average Bonchev–Trinajstić information content (AvgIpc) is 3.37. The summed E-state index contributed by atoms with van der Waals surface area (Å²) in [6, 6.07) is 13.3. The van der Waals surface area contributed by atoms with E-state index in [4.69, 9.17) is 16.1 Å². The van der Waals surface area contributed by atoms with Gasteiger partial charge in [-0.1, -0.05) is 40.7 Å². The van der Waals surface area contributed by atoms with Gasteiger partial charge in [-0.25, -0.2) is 4.98 Å². The van der Waals surface area contributed by atoms with E-state index in [2.05, 4.69) is 25.3 Å². The molecule has 0 saturated heterocycles. The van der Waals surface area contributed by atoms with Gasteiger partial charge in [0, 0.05) is 28.3 Å². The van der Waals surface area contributed by atoms with Gasteiger partial charge in [0.25, 0.3) is 5.69 Å². The molecule has 0 aliphatic heterocycles. The number of H-pyrrole nitrogens is 1. The summed E-state index contributed by atoms with van der Waals surface area (Å²) in [6.07, 6.45) is 0. The molecule has 140 valence electrons. The molecule has 2 aromatic carbocycles. The molecule has 0 saturated carbocycles. The quantitative estimate of drug-likeness (QED) is 0.280. The van der Waals surface area contributed by atoms with Crippen molar-refractivity contribution in [1.29, 1.82) is 0 Å². The highest BCUT2D eigenvalue weighted by Gasteiger charge is 2.14. The van der Waals surface area contributed by atoms with Gasteiger partial charge >= 0.3 is 0 Å². The molecule has 9 nitrogen and oxygen atoms in total.